The maximum Gasteiger partial charge on any atom is 0.287 e. The summed E-state index contributed by atoms with van der Waals surface area (Å²) in [6, 6.07) is 2.99. The van der Waals surface area contributed by atoms with Crippen LogP contribution in [0, 0.1) is 0 Å². The van der Waals surface area contributed by atoms with Gasteiger partial charge in [-0.1, -0.05) is 5.11 Å². The van der Waals surface area contributed by atoms with Gasteiger partial charge in [0.25, 0.3) is 5.91 Å². The molecule has 6 nitrogen and oxygen atoms in total. The highest BCUT2D eigenvalue weighted by atomic mass is 35.5. The molecular formula is C8H9ClN4O2. The van der Waals surface area contributed by atoms with Crippen LogP contribution in [0.5, 0.6) is 0 Å². The third-order valence-electron chi connectivity index (χ3n) is 1.58. The minimum absolute atomic E-state index is 0.170. The minimum Gasteiger partial charge on any atom is -0.440 e. The molecule has 0 aliphatic heterocycles. The molecule has 0 aliphatic carbocycles. The number of hydrogen-bond acceptors (Lipinski definition) is 3. The molecule has 1 rings (SSSR count). The monoisotopic (exact) mass is 228 g/mol. The minimum atomic E-state index is -0.331. The highest BCUT2D eigenvalue weighted by Gasteiger charge is 2.08. The van der Waals surface area contributed by atoms with Crippen LogP contribution in [-0.2, 0) is 0 Å². The summed E-state index contributed by atoms with van der Waals surface area (Å²) in [5.74, 6) is -0.161. The molecule has 1 N–H and O–H groups in total. The van der Waals surface area contributed by atoms with Crippen molar-refractivity contribution in [3.8, 4) is 0 Å². The Kier molecular flexibility index (Phi) is 4.53. The molecule has 0 aliphatic rings. The second kappa shape index (κ2) is 5.95. The van der Waals surface area contributed by atoms with E-state index < -0.39 is 0 Å². The normalized spacial score (nSPS) is 9.40. The highest BCUT2D eigenvalue weighted by molar-refractivity contribution is 6.29. The van der Waals surface area contributed by atoms with E-state index in [1.54, 1.807) is 0 Å². The van der Waals surface area contributed by atoms with E-state index in [1.165, 1.54) is 12.1 Å². The molecule has 1 aromatic rings. The van der Waals surface area contributed by atoms with Crippen molar-refractivity contribution in [3.63, 3.8) is 0 Å². The second-order valence-electron chi connectivity index (χ2n) is 2.67. The van der Waals surface area contributed by atoms with Crippen molar-refractivity contribution in [1.82, 2.24) is 5.32 Å². The summed E-state index contributed by atoms with van der Waals surface area (Å²) in [6.07, 6.45) is 0.588. The molecular weight excluding hydrogens is 220 g/mol. The predicted molar refractivity (Wildman–Crippen MR) is 54.7 cm³/mol. The predicted octanol–water partition coefficient (Wildman–Crippen LogP) is 2.36. The third kappa shape index (κ3) is 3.93. The zero-order chi connectivity index (χ0) is 11.1. The van der Waals surface area contributed by atoms with E-state index in [-0.39, 0.29) is 16.9 Å². The Morgan fingerprint density at radius 2 is 2.47 bits per heavy atom. The molecule has 0 atom stereocenters. The number of hydrogen-bond donors (Lipinski definition) is 1. The third-order valence-corrected chi connectivity index (χ3v) is 1.78. The molecule has 1 heterocycles. The molecule has 0 radical (unpaired) electrons. The van der Waals surface area contributed by atoms with Gasteiger partial charge < -0.3 is 9.73 Å². The van der Waals surface area contributed by atoms with Gasteiger partial charge in [0.05, 0.1) is 0 Å². The van der Waals surface area contributed by atoms with Crippen LogP contribution >= 0.6 is 11.6 Å². The van der Waals surface area contributed by atoms with E-state index in [2.05, 4.69) is 15.3 Å². The Hall–Kier alpha value is -1.65. The molecule has 1 amide bonds. The molecule has 80 valence electrons. The Morgan fingerprint density at radius 3 is 3.07 bits per heavy atom. The highest BCUT2D eigenvalue weighted by Crippen LogP contribution is 2.12. The average Bonchev–Trinajstić information content (AvgIpc) is 2.64. The van der Waals surface area contributed by atoms with Crippen molar-refractivity contribution in [1.29, 1.82) is 0 Å². The molecule has 0 saturated carbocycles. The Labute approximate surface area is 90.8 Å². The van der Waals surface area contributed by atoms with Crippen LogP contribution < -0.4 is 5.32 Å². The van der Waals surface area contributed by atoms with E-state index in [9.17, 15) is 4.79 Å². The van der Waals surface area contributed by atoms with Gasteiger partial charge in [0, 0.05) is 18.0 Å². The number of azide groups is 1. The lowest BCUT2D eigenvalue weighted by molar-refractivity contribution is 0.0926. The van der Waals surface area contributed by atoms with Gasteiger partial charge in [-0.25, -0.2) is 0 Å². The lowest BCUT2D eigenvalue weighted by Crippen LogP contribution is -2.24. The van der Waals surface area contributed by atoms with Crippen LogP contribution in [0.3, 0.4) is 0 Å². The van der Waals surface area contributed by atoms with Gasteiger partial charge in [-0.3, -0.25) is 4.79 Å². The molecule has 1 aromatic heterocycles. The van der Waals surface area contributed by atoms with Crippen LogP contribution in [0.2, 0.25) is 5.22 Å². The fraction of sp³-hybridized carbons (Fsp3) is 0.375. The van der Waals surface area contributed by atoms with Crippen LogP contribution in [0.25, 0.3) is 10.4 Å². The maximum atomic E-state index is 11.3. The topological polar surface area (TPSA) is 91.0 Å². The average molecular weight is 229 g/mol. The molecule has 0 spiro atoms. The molecule has 0 unspecified atom stereocenters. The number of carbonyl (C=O) groups excluding carboxylic acids is 1. The van der Waals surface area contributed by atoms with Gasteiger partial charge >= 0.3 is 0 Å². The lowest BCUT2D eigenvalue weighted by Gasteiger charge is -2.00. The van der Waals surface area contributed by atoms with Crippen molar-refractivity contribution in [3.05, 3.63) is 33.6 Å². The van der Waals surface area contributed by atoms with Gasteiger partial charge in [-0.2, -0.15) is 0 Å². The fourth-order valence-corrected chi connectivity index (χ4v) is 1.07. The number of carbonyl (C=O) groups is 1. The van der Waals surface area contributed by atoms with Gasteiger partial charge in [0.2, 0.25) is 0 Å². The lowest BCUT2D eigenvalue weighted by atomic mass is 10.4. The fourth-order valence-electron chi connectivity index (χ4n) is 0.920. The van der Waals surface area contributed by atoms with Crippen molar-refractivity contribution >= 4 is 17.5 Å². The molecule has 0 fully saturated rings. The van der Waals surface area contributed by atoms with E-state index in [1.807, 2.05) is 0 Å². The standard InChI is InChI=1S/C8H9ClN4O2/c9-7-3-2-6(15-7)8(14)11-4-1-5-12-13-10/h2-3H,1,4-5H2,(H,11,14). The second-order valence-corrected chi connectivity index (χ2v) is 3.04. The summed E-state index contributed by atoms with van der Waals surface area (Å²) in [7, 11) is 0. The Balaban J connectivity index is 2.27. The SMILES string of the molecule is [N-]=[N+]=NCCCNC(=O)c1ccc(Cl)o1. The van der Waals surface area contributed by atoms with Gasteiger partial charge in [0.1, 0.15) is 0 Å². The molecule has 0 aromatic carbocycles. The first-order valence-corrected chi connectivity index (χ1v) is 4.66. The Bertz CT molecular complexity index is 384. The number of nitrogens with one attached hydrogen (secondary N) is 1. The molecule has 7 heteroatoms. The van der Waals surface area contributed by atoms with Gasteiger partial charge in [-0.15, -0.1) is 0 Å². The van der Waals surface area contributed by atoms with Gasteiger partial charge in [0.15, 0.2) is 11.0 Å². The van der Waals surface area contributed by atoms with Crippen LogP contribution in [0.4, 0.5) is 0 Å². The van der Waals surface area contributed by atoms with Crippen LogP contribution in [0.1, 0.15) is 17.0 Å². The van der Waals surface area contributed by atoms with E-state index in [0.717, 1.165) is 0 Å². The summed E-state index contributed by atoms with van der Waals surface area (Å²) in [6.45, 7) is 0.784. The first-order valence-electron chi connectivity index (χ1n) is 4.28. The quantitative estimate of drug-likeness (QED) is 0.363. The zero-order valence-corrected chi connectivity index (χ0v) is 8.57. The Morgan fingerprint density at radius 1 is 1.67 bits per heavy atom. The van der Waals surface area contributed by atoms with Crippen molar-refractivity contribution in [2.45, 2.75) is 6.42 Å². The number of furan rings is 1. The largest absolute Gasteiger partial charge is 0.440 e. The van der Waals surface area contributed by atoms with Crippen molar-refractivity contribution < 1.29 is 9.21 Å². The van der Waals surface area contributed by atoms with E-state index >= 15 is 0 Å². The number of nitrogens with zero attached hydrogens (tertiary/aromatic N) is 3. The smallest absolute Gasteiger partial charge is 0.287 e. The number of halogens is 1. The van der Waals surface area contributed by atoms with Crippen LogP contribution in [-0.4, -0.2) is 19.0 Å². The summed E-state index contributed by atoms with van der Waals surface area (Å²) < 4.78 is 4.89. The summed E-state index contributed by atoms with van der Waals surface area (Å²) >= 11 is 5.51. The van der Waals surface area contributed by atoms with Crippen molar-refractivity contribution in [2.24, 2.45) is 5.11 Å². The summed E-state index contributed by atoms with van der Waals surface area (Å²) in [5.41, 5.74) is 8.00. The number of amides is 1. The molecule has 15 heavy (non-hydrogen) atoms. The summed E-state index contributed by atoms with van der Waals surface area (Å²) in [5, 5.41) is 6.10. The maximum absolute atomic E-state index is 11.3. The molecule has 0 saturated heterocycles. The van der Waals surface area contributed by atoms with E-state index in [0.29, 0.717) is 19.5 Å². The first-order chi connectivity index (χ1) is 7.24. The van der Waals surface area contributed by atoms with Crippen molar-refractivity contribution in [2.75, 3.05) is 13.1 Å². The van der Waals surface area contributed by atoms with Gasteiger partial charge in [-0.05, 0) is 35.7 Å². The van der Waals surface area contributed by atoms with Crippen LogP contribution in [0.15, 0.2) is 21.7 Å². The first kappa shape index (κ1) is 11.4. The zero-order valence-electron chi connectivity index (χ0n) is 7.81. The summed E-state index contributed by atoms with van der Waals surface area (Å²) in [4.78, 5) is 13.9. The number of rotatable bonds is 5. The van der Waals surface area contributed by atoms with E-state index in [4.69, 9.17) is 21.5 Å². The molecule has 0 bridgehead atoms.